The Labute approximate surface area is 123 Å². The van der Waals surface area contributed by atoms with Crippen LogP contribution in [-0.4, -0.2) is 40.6 Å². The molecule has 0 aliphatic heterocycles. The molecular formula is C15H30N4O. The quantitative estimate of drug-likeness (QED) is 0.715. The Morgan fingerprint density at radius 1 is 1.35 bits per heavy atom. The molecule has 2 unspecified atom stereocenters. The second-order valence-corrected chi connectivity index (χ2v) is 5.63. The zero-order valence-electron chi connectivity index (χ0n) is 13.6. The summed E-state index contributed by atoms with van der Waals surface area (Å²) < 4.78 is 7.90. The molecule has 1 aromatic rings. The molecule has 0 fully saturated rings. The van der Waals surface area contributed by atoms with Gasteiger partial charge in [-0.1, -0.05) is 27.2 Å². The highest BCUT2D eigenvalue weighted by Crippen LogP contribution is 2.12. The summed E-state index contributed by atoms with van der Waals surface area (Å²) in [6, 6.07) is 0.282. The number of ether oxygens (including phenoxy) is 1. The molecular weight excluding hydrogens is 252 g/mol. The first-order valence-electron chi connectivity index (χ1n) is 7.77. The van der Waals surface area contributed by atoms with Crippen LogP contribution in [0.3, 0.4) is 0 Å². The third kappa shape index (κ3) is 5.21. The fourth-order valence-corrected chi connectivity index (χ4v) is 2.46. The van der Waals surface area contributed by atoms with E-state index in [2.05, 4.69) is 43.1 Å². The van der Waals surface area contributed by atoms with E-state index in [1.807, 2.05) is 11.7 Å². The number of hydrogen-bond donors (Lipinski definition) is 1. The summed E-state index contributed by atoms with van der Waals surface area (Å²) in [6.45, 7) is 10.3. The summed E-state index contributed by atoms with van der Waals surface area (Å²) in [5.41, 5.74) is 0. The minimum Gasteiger partial charge on any atom is -0.377 e. The summed E-state index contributed by atoms with van der Waals surface area (Å²) in [4.78, 5) is 4.42. The average molecular weight is 282 g/mol. The summed E-state index contributed by atoms with van der Waals surface area (Å²) in [5, 5.41) is 7.72. The first-order chi connectivity index (χ1) is 9.62. The Kier molecular flexibility index (Phi) is 7.77. The lowest BCUT2D eigenvalue weighted by atomic mass is 10.0. The highest BCUT2D eigenvalue weighted by atomic mass is 16.5. The van der Waals surface area contributed by atoms with Gasteiger partial charge in [-0.25, -0.2) is 9.67 Å². The fourth-order valence-electron chi connectivity index (χ4n) is 2.46. The minimum atomic E-state index is 0.235. The molecule has 0 amide bonds. The Morgan fingerprint density at radius 3 is 2.65 bits per heavy atom. The van der Waals surface area contributed by atoms with Crippen LogP contribution in [0.15, 0.2) is 6.33 Å². The Bertz CT molecular complexity index is 359. The number of hydrogen-bond acceptors (Lipinski definition) is 4. The lowest BCUT2D eigenvalue weighted by Gasteiger charge is -2.26. The van der Waals surface area contributed by atoms with Crippen molar-refractivity contribution in [1.29, 1.82) is 0 Å². The summed E-state index contributed by atoms with van der Waals surface area (Å²) in [5.74, 6) is 1.61. The van der Waals surface area contributed by atoms with E-state index in [0.29, 0.717) is 5.92 Å². The zero-order valence-corrected chi connectivity index (χ0v) is 13.6. The molecule has 5 heteroatoms. The van der Waals surface area contributed by atoms with Gasteiger partial charge < -0.3 is 10.1 Å². The molecule has 2 atom stereocenters. The molecule has 1 rings (SSSR count). The summed E-state index contributed by atoms with van der Waals surface area (Å²) in [7, 11) is 2.00. The topological polar surface area (TPSA) is 52.0 Å². The Morgan fingerprint density at radius 2 is 2.10 bits per heavy atom. The lowest BCUT2D eigenvalue weighted by molar-refractivity contribution is 0.0293. The summed E-state index contributed by atoms with van der Waals surface area (Å²) in [6.07, 6.45) is 4.94. The molecule has 0 spiro atoms. The molecule has 116 valence electrons. The van der Waals surface area contributed by atoms with Crippen molar-refractivity contribution in [3.05, 3.63) is 12.2 Å². The predicted molar refractivity (Wildman–Crippen MR) is 81.7 cm³/mol. The van der Waals surface area contributed by atoms with E-state index in [1.54, 1.807) is 6.33 Å². The van der Waals surface area contributed by atoms with Crippen LogP contribution in [0, 0.1) is 5.92 Å². The van der Waals surface area contributed by atoms with Gasteiger partial charge in [0.05, 0.1) is 6.10 Å². The van der Waals surface area contributed by atoms with E-state index in [0.717, 1.165) is 38.2 Å². The summed E-state index contributed by atoms with van der Waals surface area (Å²) >= 11 is 0. The van der Waals surface area contributed by atoms with Gasteiger partial charge in [0.2, 0.25) is 0 Å². The van der Waals surface area contributed by atoms with E-state index in [4.69, 9.17) is 4.74 Å². The maximum atomic E-state index is 5.89. The van der Waals surface area contributed by atoms with Crippen LogP contribution in [0.2, 0.25) is 0 Å². The van der Waals surface area contributed by atoms with Crippen molar-refractivity contribution >= 4 is 0 Å². The van der Waals surface area contributed by atoms with Crippen molar-refractivity contribution in [3.63, 3.8) is 0 Å². The number of likely N-dealkylation sites (N-methyl/N-ethyl adjacent to an activating group) is 1. The van der Waals surface area contributed by atoms with E-state index >= 15 is 0 Å². The van der Waals surface area contributed by atoms with Crippen molar-refractivity contribution < 1.29 is 4.74 Å². The van der Waals surface area contributed by atoms with Gasteiger partial charge >= 0.3 is 0 Å². The van der Waals surface area contributed by atoms with E-state index < -0.39 is 0 Å². The normalized spacial score (nSPS) is 14.7. The maximum Gasteiger partial charge on any atom is 0.138 e. The highest BCUT2D eigenvalue weighted by molar-refractivity contribution is 4.92. The average Bonchev–Trinajstić information content (AvgIpc) is 2.82. The standard InChI is InChI=1S/C15H30N4O/c1-6-8-14(20-7-2)13(16-5)9-15-17-11-18-19(15)10-12(3)4/h11-14,16H,6-10H2,1-5H3. The van der Waals surface area contributed by atoms with Crippen LogP contribution < -0.4 is 5.32 Å². The van der Waals surface area contributed by atoms with Crippen molar-refractivity contribution in [1.82, 2.24) is 20.1 Å². The molecule has 0 aliphatic rings. The van der Waals surface area contributed by atoms with Crippen molar-refractivity contribution in [2.24, 2.45) is 5.92 Å². The maximum absolute atomic E-state index is 5.89. The molecule has 1 aromatic heterocycles. The van der Waals surface area contributed by atoms with Gasteiger partial charge in [-0.05, 0) is 26.3 Å². The van der Waals surface area contributed by atoms with Crippen LogP contribution in [-0.2, 0) is 17.7 Å². The van der Waals surface area contributed by atoms with Crippen LogP contribution in [0.5, 0.6) is 0 Å². The van der Waals surface area contributed by atoms with Gasteiger partial charge in [-0.2, -0.15) is 5.10 Å². The molecule has 0 aromatic carbocycles. The SMILES string of the molecule is CCCC(OCC)C(Cc1ncnn1CC(C)C)NC. The third-order valence-electron chi connectivity index (χ3n) is 3.41. The highest BCUT2D eigenvalue weighted by Gasteiger charge is 2.22. The fraction of sp³-hybridized carbons (Fsp3) is 0.867. The number of rotatable bonds is 10. The second kappa shape index (κ2) is 9.08. The monoisotopic (exact) mass is 282 g/mol. The van der Waals surface area contributed by atoms with Gasteiger partial charge in [-0.15, -0.1) is 0 Å². The number of nitrogens with one attached hydrogen (secondary N) is 1. The van der Waals surface area contributed by atoms with Crippen LogP contribution in [0.4, 0.5) is 0 Å². The predicted octanol–water partition coefficient (Wildman–Crippen LogP) is 2.27. The third-order valence-corrected chi connectivity index (χ3v) is 3.41. The van der Waals surface area contributed by atoms with E-state index in [1.165, 1.54) is 0 Å². The molecule has 0 radical (unpaired) electrons. The Balaban J connectivity index is 2.73. The van der Waals surface area contributed by atoms with Crippen molar-refractivity contribution in [2.45, 2.75) is 65.6 Å². The Hall–Kier alpha value is -0.940. The molecule has 20 heavy (non-hydrogen) atoms. The molecule has 5 nitrogen and oxygen atoms in total. The van der Waals surface area contributed by atoms with Crippen molar-refractivity contribution in [3.8, 4) is 0 Å². The smallest absolute Gasteiger partial charge is 0.138 e. The van der Waals surface area contributed by atoms with E-state index in [9.17, 15) is 0 Å². The molecule has 1 N–H and O–H groups in total. The number of nitrogens with zero attached hydrogens (tertiary/aromatic N) is 3. The first-order valence-corrected chi connectivity index (χ1v) is 7.77. The van der Waals surface area contributed by atoms with Crippen LogP contribution in [0.1, 0.15) is 46.4 Å². The molecule has 0 saturated carbocycles. The van der Waals surface area contributed by atoms with Crippen LogP contribution in [0.25, 0.3) is 0 Å². The van der Waals surface area contributed by atoms with Gasteiger partial charge in [0.25, 0.3) is 0 Å². The molecule has 0 aliphatic carbocycles. The molecule has 1 heterocycles. The first kappa shape index (κ1) is 17.1. The molecule has 0 saturated heterocycles. The zero-order chi connectivity index (χ0) is 15.0. The van der Waals surface area contributed by atoms with E-state index in [-0.39, 0.29) is 12.1 Å². The lowest BCUT2D eigenvalue weighted by Crippen LogP contribution is -2.42. The minimum absolute atomic E-state index is 0.235. The number of aromatic nitrogens is 3. The van der Waals surface area contributed by atoms with Crippen molar-refractivity contribution in [2.75, 3.05) is 13.7 Å². The van der Waals surface area contributed by atoms with Gasteiger partial charge in [-0.3, -0.25) is 0 Å². The van der Waals surface area contributed by atoms with Gasteiger partial charge in [0.15, 0.2) is 0 Å². The van der Waals surface area contributed by atoms with Gasteiger partial charge in [0, 0.05) is 25.6 Å². The largest absolute Gasteiger partial charge is 0.377 e. The molecule has 0 bridgehead atoms. The van der Waals surface area contributed by atoms with Crippen LogP contribution >= 0.6 is 0 Å². The van der Waals surface area contributed by atoms with Gasteiger partial charge in [0.1, 0.15) is 12.2 Å². The second-order valence-electron chi connectivity index (χ2n) is 5.63.